The van der Waals surface area contributed by atoms with E-state index >= 15 is 0 Å². The summed E-state index contributed by atoms with van der Waals surface area (Å²) in [6, 6.07) is -0.623. The molecule has 1 amide bonds. The van der Waals surface area contributed by atoms with Gasteiger partial charge in [0.05, 0.1) is 25.4 Å². The molecule has 0 radical (unpaired) electrons. The van der Waals surface area contributed by atoms with Crippen LogP contribution in [0.5, 0.6) is 0 Å². The number of carbonyl (C=O) groups is 2. The second kappa shape index (κ2) is 70.6. The second-order valence-corrected chi connectivity index (χ2v) is 25.3. The number of aliphatic hydroxyl groups excluding tert-OH is 2. The van der Waals surface area contributed by atoms with E-state index in [-0.39, 0.29) is 18.5 Å². The minimum Gasteiger partial charge on any atom is -0.466 e. The molecule has 81 heavy (non-hydrogen) atoms. The van der Waals surface area contributed by atoms with Crippen LogP contribution >= 0.6 is 0 Å². The lowest BCUT2D eigenvalue weighted by molar-refractivity contribution is -0.143. The Hall–Kier alpha value is -1.92. The molecule has 0 aromatic rings. The Kier molecular flexibility index (Phi) is 68.9. The first-order valence-corrected chi connectivity index (χ1v) is 36.8. The number of ether oxygens (including phenoxy) is 1. The van der Waals surface area contributed by atoms with Crippen molar-refractivity contribution in [2.24, 2.45) is 0 Å². The fourth-order valence-corrected chi connectivity index (χ4v) is 11.5. The molecular formula is C75H143NO5. The van der Waals surface area contributed by atoms with E-state index in [0.717, 1.165) is 44.9 Å². The van der Waals surface area contributed by atoms with Gasteiger partial charge in [0.2, 0.25) is 5.91 Å². The summed E-state index contributed by atoms with van der Waals surface area (Å²) in [4.78, 5) is 24.5. The number of esters is 1. The van der Waals surface area contributed by atoms with E-state index in [9.17, 15) is 19.8 Å². The summed E-state index contributed by atoms with van der Waals surface area (Å²) in [5.74, 6) is -0.0462. The van der Waals surface area contributed by atoms with Crippen molar-refractivity contribution in [2.45, 2.75) is 418 Å². The van der Waals surface area contributed by atoms with Gasteiger partial charge >= 0.3 is 5.97 Å². The van der Waals surface area contributed by atoms with Crippen LogP contribution in [-0.2, 0) is 14.3 Å². The SMILES string of the molecule is CCCCCCCC/C=C\CCCCCCCCCC(=O)OCCCCCCCCCCCCCCCCCC/C=C\CCCCCCCCCCCCCCCCCCCC(=O)NC(CO)C(O)/C=C/CCCCCCCCCC. The third kappa shape index (κ3) is 67.1. The molecule has 478 valence electrons. The third-order valence-electron chi connectivity index (χ3n) is 17.1. The van der Waals surface area contributed by atoms with Crippen molar-refractivity contribution in [3.63, 3.8) is 0 Å². The highest BCUT2D eigenvalue weighted by Crippen LogP contribution is 2.19. The van der Waals surface area contributed by atoms with Crippen LogP contribution in [0.2, 0.25) is 0 Å². The van der Waals surface area contributed by atoms with Crippen molar-refractivity contribution in [3.05, 3.63) is 36.5 Å². The Bertz CT molecular complexity index is 1310. The molecule has 0 saturated carbocycles. The Morgan fingerprint density at radius 1 is 0.333 bits per heavy atom. The van der Waals surface area contributed by atoms with E-state index in [4.69, 9.17) is 4.74 Å². The number of amides is 1. The second-order valence-electron chi connectivity index (χ2n) is 25.3. The number of carbonyl (C=O) groups excluding carboxylic acids is 2. The van der Waals surface area contributed by atoms with Crippen LogP contribution in [0.15, 0.2) is 36.5 Å². The summed E-state index contributed by atoms with van der Waals surface area (Å²) in [6.07, 6.45) is 91.2. The van der Waals surface area contributed by atoms with Crippen molar-refractivity contribution in [2.75, 3.05) is 13.2 Å². The Balaban J connectivity index is 3.31. The normalized spacial score (nSPS) is 12.7. The van der Waals surface area contributed by atoms with Crippen LogP contribution < -0.4 is 5.32 Å². The van der Waals surface area contributed by atoms with Gasteiger partial charge in [-0.2, -0.15) is 0 Å². The average Bonchev–Trinajstić information content (AvgIpc) is 3.47. The number of hydrogen-bond acceptors (Lipinski definition) is 5. The predicted octanol–water partition coefficient (Wildman–Crippen LogP) is 23.9. The molecule has 3 N–H and O–H groups in total. The van der Waals surface area contributed by atoms with Gasteiger partial charge in [-0.15, -0.1) is 0 Å². The number of rotatable bonds is 69. The van der Waals surface area contributed by atoms with E-state index in [0.29, 0.717) is 19.4 Å². The minimum absolute atomic E-state index is 0.0183. The van der Waals surface area contributed by atoms with Gasteiger partial charge in [-0.25, -0.2) is 0 Å². The van der Waals surface area contributed by atoms with E-state index in [1.165, 1.54) is 334 Å². The van der Waals surface area contributed by atoms with Gasteiger partial charge in [-0.3, -0.25) is 9.59 Å². The Labute approximate surface area is 506 Å². The smallest absolute Gasteiger partial charge is 0.305 e. The lowest BCUT2D eigenvalue weighted by atomic mass is 10.0. The van der Waals surface area contributed by atoms with Crippen LogP contribution in [-0.4, -0.2) is 47.4 Å². The highest BCUT2D eigenvalue weighted by Gasteiger charge is 2.18. The molecule has 0 spiro atoms. The predicted molar refractivity (Wildman–Crippen MR) is 356 cm³/mol. The lowest BCUT2D eigenvalue weighted by Gasteiger charge is -2.20. The molecule has 6 heteroatoms. The van der Waals surface area contributed by atoms with Crippen LogP contribution in [0.1, 0.15) is 406 Å². The van der Waals surface area contributed by atoms with E-state index in [1.807, 2.05) is 6.08 Å². The topological polar surface area (TPSA) is 95.9 Å². The number of nitrogens with one attached hydrogen (secondary N) is 1. The molecule has 0 aromatic carbocycles. The van der Waals surface area contributed by atoms with Gasteiger partial charge in [0.1, 0.15) is 0 Å². The minimum atomic E-state index is -0.840. The van der Waals surface area contributed by atoms with Gasteiger partial charge < -0.3 is 20.3 Å². The maximum atomic E-state index is 12.4. The molecule has 2 unspecified atom stereocenters. The van der Waals surface area contributed by atoms with Gasteiger partial charge in [0, 0.05) is 12.8 Å². The molecule has 6 nitrogen and oxygen atoms in total. The zero-order valence-electron chi connectivity index (χ0n) is 54.8. The lowest BCUT2D eigenvalue weighted by Crippen LogP contribution is -2.45. The Morgan fingerprint density at radius 3 is 0.877 bits per heavy atom. The van der Waals surface area contributed by atoms with Gasteiger partial charge in [-0.05, 0) is 83.5 Å². The first kappa shape index (κ1) is 79.1. The maximum absolute atomic E-state index is 12.4. The maximum Gasteiger partial charge on any atom is 0.305 e. The Morgan fingerprint density at radius 2 is 0.580 bits per heavy atom. The molecule has 0 fully saturated rings. The first-order valence-electron chi connectivity index (χ1n) is 36.8. The van der Waals surface area contributed by atoms with E-state index < -0.39 is 12.1 Å². The summed E-state index contributed by atoms with van der Waals surface area (Å²) in [6.45, 7) is 4.91. The fourth-order valence-electron chi connectivity index (χ4n) is 11.5. The van der Waals surface area contributed by atoms with Crippen LogP contribution in [0, 0.1) is 0 Å². The molecule has 2 atom stereocenters. The van der Waals surface area contributed by atoms with Crippen LogP contribution in [0.3, 0.4) is 0 Å². The zero-order valence-corrected chi connectivity index (χ0v) is 54.8. The zero-order chi connectivity index (χ0) is 58.5. The number of aliphatic hydroxyl groups is 2. The van der Waals surface area contributed by atoms with Gasteiger partial charge in [0.15, 0.2) is 0 Å². The molecule has 0 rings (SSSR count). The molecule has 0 aliphatic heterocycles. The fraction of sp³-hybridized carbons (Fsp3) is 0.893. The first-order chi connectivity index (χ1) is 40.0. The molecule has 0 aliphatic rings. The quantitative estimate of drug-likeness (QED) is 0.0320. The average molecular weight is 1140 g/mol. The third-order valence-corrected chi connectivity index (χ3v) is 17.1. The molecular weight excluding hydrogens is 995 g/mol. The molecule has 0 aromatic heterocycles. The summed E-state index contributed by atoms with van der Waals surface area (Å²) >= 11 is 0. The molecule has 0 bridgehead atoms. The van der Waals surface area contributed by atoms with Crippen molar-refractivity contribution in [1.29, 1.82) is 0 Å². The summed E-state index contributed by atoms with van der Waals surface area (Å²) < 4.78 is 5.51. The number of hydrogen-bond donors (Lipinski definition) is 3. The van der Waals surface area contributed by atoms with Crippen molar-refractivity contribution in [3.8, 4) is 0 Å². The van der Waals surface area contributed by atoms with Gasteiger partial charge in [0.25, 0.3) is 0 Å². The molecule has 0 saturated heterocycles. The molecule has 0 aliphatic carbocycles. The van der Waals surface area contributed by atoms with Crippen molar-refractivity contribution < 1.29 is 24.5 Å². The highest BCUT2D eigenvalue weighted by molar-refractivity contribution is 5.76. The number of allylic oxidation sites excluding steroid dienone is 5. The largest absolute Gasteiger partial charge is 0.466 e. The highest BCUT2D eigenvalue weighted by atomic mass is 16.5. The summed E-state index contributed by atoms with van der Waals surface area (Å²) in [5.41, 5.74) is 0. The van der Waals surface area contributed by atoms with Crippen LogP contribution in [0.25, 0.3) is 0 Å². The summed E-state index contributed by atoms with van der Waals surface area (Å²) in [5, 5.41) is 23.0. The monoisotopic (exact) mass is 1140 g/mol. The van der Waals surface area contributed by atoms with E-state index in [2.05, 4.69) is 43.5 Å². The van der Waals surface area contributed by atoms with Gasteiger partial charge in [-0.1, -0.05) is 346 Å². The standard InChI is InChI=1S/C75H143NO5/c1-3-5-7-9-11-13-15-16-17-39-43-46-49-53-57-61-65-69-75(80)81-70-66-62-58-54-50-47-44-41-38-36-34-32-30-28-26-24-22-20-18-19-21-23-25-27-29-31-33-35-37-40-42-45-48-52-56-60-64-68-74(79)76-72(71-77)73(78)67-63-59-55-51-14-12-10-8-6-4-2/h16-18,20,63,67,72-73,77-78H,3-15,19,21-62,64-66,68-71H2,1-2H3,(H,76,79)/b17-16-,20-18-,67-63+. The van der Waals surface area contributed by atoms with E-state index in [1.54, 1.807) is 6.08 Å². The number of unbranched alkanes of at least 4 members (excludes halogenated alkanes) is 54. The molecule has 0 heterocycles. The summed E-state index contributed by atoms with van der Waals surface area (Å²) in [7, 11) is 0. The van der Waals surface area contributed by atoms with Crippen LogP contribution in [0.4, 0.5) is 0 Å². The van der Waals surface area contributed by atoms with Crippen molar-refractivity contribution >= 4 is 11.9 Å². The van der Waals surface area contributed by atoms with Crippen molar-refractivity contribution in [1.82, 2.24) is 5.32 Å².